The highest BCUT2D eigenvalue weighted by molar-refractivity contribution is 7.89. The van der Waals surface area contributed by atoms with Gasteiger partial charge in [0.2, 0.25) is 15.9 Å². The smallest absolute Gasteiger partial charge is 0.243 e. The molecule has 0 saturated carbocycles. The number of carbonyl (C=O) groups is 1. The fourth-order valence-corrected chi connectivity index (χ4v) is 5.88. The minimum atomic E-state index is -3.49. The van der Waals surface area contributed by atoms with E-state index < -0.39 is 10.0 Å². The number of likely N-dealkylation sites (tertiary alicyclic amines) is 1. The van der Waals surface area contributed by atoms with Crippen LogP contribution in [0.2, 0.25) is 0 Å². The monoisotopic (exact) mass is 393 g/mol. The van der Waals surface area contributed by atoms with E-state index in [9.17, 15) is 13.2 Å². The Morgan fingerprint density at radius 2 is 1.78 bits per heavy atom. The average molecular weight is 394 g/mol. The third-order valence-corrected chi connectivity index (χ3v) is 7.28. The van der Waals surface area contributed by atoms with Crippen molar-refractivity contribution < 1.29 is 13.2 Å². The Balaban J connectivity index is 1.64. The first-order valence-corrected chi connectivity index (χ1v) is 11.4. The zero-order valence-electron chi connectivity index (χ0n) is 16.4. The highest BCUT2D eigenvalue weighted by Crippen LogP contribution is 2.23. The molecule has 1 amide bonds. The maximum atomic E-state index is 12.8. The van der Waals surface area contributed by atoms with Crippen LogP contribution in [0.4, 0.5) is 5.69 Å². The van der Waals surface area contributed by atoms with Crippen LogP contribution in [0.5, 0.6) is 0 Å². The Hall–Kier alpha value is -1.44. The molecule has 0 bridgehead atoms. The molecule has 0 unspecified atom stereocenters. The van der Waals surface area contributed by atoms with E-state index in [1.165, 1.54) is 6.42 Å². The molecule has 7 heteroatoms. The van der Waals surface area contributed by atoms with Gasteiger partial charge in [-0.2, -0.15) is 4.31 Å². The van der Waals surface area contributed by atoms with E-state index in [1.807, 2.05) is 0 Å². The summed E-state index contributed by atoms with van der Waals surface area (Å²) in [5, 5.41) is 2.87. The molecule has 0 radical (unpaired) electrons. The predicted molar refractivity (Wildman–Crippen MR) is 107 cm³/mol. The van der Waals surface area contributed by atoms with Gasteiger partial charge in [-0.1, -0.05) is 26.3 Å². The second-order valence-corrected chi connectivity index (χ2v) is 10.1. The van der Waals surface area contributed by atoms with Gasteiger partial charge in [-0.3, -0.25) is 9.69 Å². The quantitative estimate of drug-likeness (QED) is 0.835. The second kappa shape index (κ2) is 8.71. The number of rotatable bonds is 5. The highest BCUT2D eigenvalue weighted by atomic mass is 32.2. The maximum Gasteiger partial charge on any atom is 0.243 e. The van der Waals surface area contributed by atoms with Gasteiger partial charge in [0.05, 0.1) is 11.4 Å². The molecule has 0 aliphatic carbocycles. The molecule has 2 atom stereocenters. The maximum absolute atomic E-state index is 12.8. The molecule has 150 valence electrons. The summed E-state index contributed by atoms with van der Waals surface area (Å²) in [6.45, 7) is 7.79. The van der Waals surface area contributed by atoms with Gasteiger partial charge in [-0.25, -0.2) is 8.42 Å². The summed E-state index contributed by atoms with van der Waals surface area (Å²) in [5.74, 6) is 1.10. The van der Waals surface area contributed by atoms with E-state index in [0.717, 1.165) is 32.4 Å². The molecular weight excluding hydrogens is 362 g/mol. The molecule has 1 aromatic carbocycles. The van der Waals surface area contributed by atoms with E-state index in [0.29, 0.717) is 37.2 Å². The molecule has 2 fully saturated rings. The van der Waals surface area contributed by atoms with Gasteiger partial charge in [0, 0.05) is 31.9 Å². The van der Waals surface area contributed by atoms with Crippen LogP contribution in [0.15, 0.2) is 29.2 Å². The first kappa shape index (κ1) is 20.3. The minimum absolute atomic E-state index is 0.0937. The van der Waals surface area contributed by atoms with Crippen molar-refractivity contribution in [3.05, 3.63) is 24.3 Å². The number of anilines is 1. The van der Waals surface area contributed by atoms with E-state index in [2.05, 4.69) is 24.1 Å². The van der Waals surface area contributed by atoms with Gasteiger partial charge in [0.15, 0.2) is 0 Å². The van der Waals surface area contributed by atoms with Crippen molar-refractivity contribution in [2.24, 2.45) is 11.8 Å². The number of nitrogens with zero attached hydrogens (tertiary/aromatic N) is 2. The lowest BCUT2D eigenvalue weighted by Gasteiger charge is -2.34. The average Bonchev–Trinajstić information content (AvgIpc) is 2.61. The molecule has 1 N–H and O–H groups in total. The number of sulfonamides is 1. The molecule has 0 spiro atoms. The van der Waals surface area contributed by atoms with E-state index >= 15 is 0 Å². The zero-order valence-corrected chi connectivity index (χ0v) is 17.2. The summed E-state index contributed by atoms with van der Waals surface area (Å²) in [5.41, 5.74) is 0.538. The van der Waals surface area contributed by atoms with Crippen molar-refractivity contribution in [1.29, 1.82) is 0 Å². The molecule has 27 heavy (non-hydrogen) atoms. The second-order valence-electron chi connectivity index (χ2n) is 8.18. The van der Waals surface area contributed by atoms with E-state index in [-0.39, 0.29) is 10.8 Å². The summed E-state index contributed by atoms with van der Waals surface area (Å²) in [4.78, 5) is 14.9. The van der Waals surface area contributed by atoms with Crippen LogP contribution in [0.3, 0.4) is 0 Å². The summed E-state index contributed by atoms with van der Waals surface area (Å²) < 4.78 is 27.2. The Morgan fingerprint density at radius 3 is 2.44 bits per heavy atom. The third kappa shape index (κ3) is 5.30. The van der Waals surface area contributed by atoms with Gasteiger partial charge in [-0.05, 0) is 49.3 Å². The van der Waals surface area contributed by atoms with Crippen LogP contribution >= 0.6 is 0 Å². The number of benzene rings is 1. The normalized spacial score (nSPS) is 25.3. The van der Waals surface area contributed by atoms with Crippen molar-refractivity contribution >= 4 is 21.6 Å². The molecule has 1 aromatic rings. The Morgan fingerprint density at radius 1 is 1.11 bits per heavy atom. The van der Waals surface area contributed by atoms with Crippen molar-refractivity contribution in [3.8, 4) is 0 Å². The first-order chi connectivity index (χ1) is 12.8. The lowest BCUT2D eigenvalue weighted by molar-refractivity contribution is -0.117. The summed E-state index contributed by atoms with van der Waals surface area (Å²) in [6.07, 6.45) is 4.09. The van der Waals surface area contributed by atoms with Crippen LogP contribution in [0.25, 0.3) is 0 Å². The lowest BCUT2D eigenvalue weighted by atomic mass is 9.92. The van der Waals surface area contributed by atoms with Crippen molar-refractivity contribution in [2.45, 2.75) is 44.4 Å². The lowest BCUT2D eigenvalue weighted by Crippen LogP contribution is -2.42. The number of nitrogens with one attached hydrogen (secondary N) is 1. The van der Waals surface area contributed by atoms with E-state index in [4.69, 9.17) is 0 Å². The molecule has 2 saturated heterocycles. The Labute approximate surface area is 163 Å². The molecular formula is C20H31N3O3S. The molecule has 6 nitrogen and oxygen atoms in total. The fraction of sp³-hybridized carbons (Fsp3) is 0.650. The zero-order chi connectivity index (χ0) is 19.4. The predicted octanol–water partition coefficient (Wildman–Crippen LogP) is 2.78. The summed E-state index contributed by atoms with van der Waals surface area (Å²) >= 11 is 0. The summed E-state index contributed by atoms with van der Waals surface area (Å²) in [7, 11) is -3.49. The van der Waals surface area contributed by atoms with Crippen LogP contribution in [0, 0.1) is 11.8 Å². The number of hydrogen-bond donors (Lipinski definition) is 1. The van der Waals surface area contributed by atoms with Gasteiger partial charge in [-0.15, -0.1) is 0 Å². The van der Waals surface area contributed by atoms with Crippen LogP contribution in [0.1, 0.15) is 39.5 Å². The standard InChI is InChI=1S/C20H31N3O3S/c1-16-11-17(2)14-22(13-16)15-20(24)21-18-7-6-8-19(12-18)27(25,26)23-9-4-3-5-10-23/h6-8,12,16-17H,3-5,9-11,13-15H2,1-2H3,(H,21,24)/t16-,17-/m0/s1. The van der Waals surface area contributed by atoms with Gasteiger partial charge < -0.3 is 5.32 Å². The number of amides is 1. The first-order valence-electron chi connectivity index (χ1n) is 9.97. The SMILES string of the molecule is C[C@H]1C[C@H](C)CN(CC(=O)Nc2cccc(S(=O)(=O)N3CCCCC3)c2)C1. The number of hydrogen-bond acceptors (Lipinski definition) is 4. The molecule has 0 aromatic heterocycles. The van der Waals surface area contributed by atoms with Crippen LogP contribution in [-0.4, -0.2) is 56.3 Å². The highest BCUT2D eigenvalue weighted by Gasteiger charge is 2.26. The molecule has 2 heterocycles. The minimum Gasteiger partial charge on any atom is -0.325 e. The van der Waals surface area contributed by atoms with Gasteiger partial charge >= 0.3 is 0 Å². The Bertz CT molecular complexity index is 749. The van der Waals surface area contributed by atoms with Gasteiger partial charge in [0.25, 0.3) is 0 Å². The summed E-state index contributed by atoms with van der Waals surface area (Å²) in [6, 6.07) is 6.61. The number of carbonyl (C=O) groups excluding carboxylic acids is 1. The molecule has 2 aliphatic rings. The third-order valence-electron chi connectivity index (χ3n) is 5.38. The largest absolute Gasteiger partial charge is 0.325 e. The van der Waals surface area contributed by atoms with Crippen LogP contribution in [-0.2, 0) is 14.8 Å². The van der Waals surface area contributed by atoms with Crippen LogP contribution < -0.4 is 5.32 Å². The van der Waals surface area contributed by atoms with Crippen molar-refractivity contribution in [2.75, 3.05) is 38.0 Å². The van der Waals surface area contributed by atoms with Crippen molar-refractivity contribution in [1.82, 2.24) is 9.21 Å². The fourth-order valence-electron chi connectivity index (χ4n) is 4.31. The van der Waals surface area contributed by atoms with Crippen molar-refractivity contribution in [3.63, 3.8) is 0 Å². The van der Waals surface area contributed by atoms with E-state index in [1.54, 1.807) is 28.6 Å². The number of piperidine rings is 2. The topological polar surface area (TPSA) is 69.7 Å². The Kier molecular flexibility index (Phi) is 6.55. The molecule has 3 rings (SSSR count). The van der Waals surface area contributed by atoms with Gasteiger partial charge in [0.1, 0.15) is 0 Å². The molecule has 2 aliphatic heterocycles.